The molecule has 0 aliphatic rings. The Hall–Kier alpha value is -1.81. The van der Waals surface area contributed by atoms with Gasteiger partial charge in [0.2, 0.25) is 0 Å². The zero-order valence-electron chi connectivity index (χ0n) is 9.91. The van der Waals surface area contributed by atoms with Gasteiger partial charge in [0.25, 0.3) is 0 Å². The van der Waals surface area contributed by atoms with Crippen molar-refractivity contribution in [3.63, 3.8) is 0 Å². The molecule has 0 aromatic heterocycles. The highest BCUT2D eigenvalue weighted by Gasteiger charge is 2.07. The number of nitrogens with two attached hydrogens (primary N) is 1. The van der Waals surface area contributed by atoms with Crippen LogP contribution in [0, 0.1) is 12.3 Å². The minimum Gasteiger partial charge on any atom is -0.457 e. The van der Waals surface area contributed by atoms with Gasteiger partial charge in [0, 0.05) is 4.47 Å². The highest BCUT2D eigenvalue weighted by atomic mass is 79.9. The van der Waals surface area contributed by atoms with Crippen molar-refractivity contribution < 1.29 is 4.74 Å². The lowest BCUT2D eigenvalue weighted by atomic mass is 10.2. The fourth-order valence-corrected chi connectivity index (χ4v) is 1.83. The normalized spacial score (nSPS) is 10.1. The highest BCUT2D eigenvalue weighted by molar-refractivity contribution is 9.10. The molecule has 92 valence electrons. The number of benzene rings is 2. The summed E-state index contributed by atoms with van der Waals surface area (Å²) in [5, 5.41) is 7.51. The van der Waals surface area contributed by atoms with E-state index in [-0.39, 0.29) is 5.84 Å². The van der Waals surface area contributed by atoms with E-state index in [4.69, 9.17) is 15.9 Å². The smallest absolute Gasteiger partial charge is 0.138 e. The van der Waals surface area contributed by atoms with Gasteiger partial charge in [-0.1, -0.05) is 28.1 Å². The molecule has 0 atom stereocenters. The van der Waals surface area contributed by atoms with Crippen molar-refractivity contribution in [1.29, 1.82) is 5.41 Å². The van der Waals surface area contributed by atoms with Crippen LogP contribution < -0.4 is 10.5 Å². The van der Waals surface area contributed by atoms with Gasteiger partial charge in [-0.25, -0.2) is 0 Å². The summed E-state index contributed by atoms with van der Waals surface area (Å²) in [5.41, 5.74) is 7.20. The Balaban J connectivity index is 2.34. The third-order valence-electron chi connectivity index (χ3n) is 2.53. The van der Waals surface area contributed by atoms with Gasteiger partial charge in [-0.3, -0.25) is 5.41 Å². The number of halogens is 1. The Kier molecular flexibility index (Phi) is 3.67. The predicted octanol–water partition coefficient (Wildman–Crippen LogP) is 3.83. The SMILES string of the molecule is Cc1cc(Oc2ccccc2C(=N)N)ccc1Br. The second-order valence-corrected chi connectivity index (χ2v) is 4.78. The van der Waals surface area contributed by atoms with Crippen LogP contribution in [0.1, 0.15) is 11.1 Å². The van der Waals surface area contributed by atoms with Crippen LogP contribution in [-0.2, 0) is 0 Å². The molecule has 0 saturated heterocycles. The van der Waals surface area contributed by atoms with Gasteiger partial charge in [0.15, 0.2) is 0 Å². The van der Waals surface area contributed by atoms with E-state index in [0.29, 0.717) is 11.3 Å². The van der Waals surface area contributed by atoms with Gasteiger partial charge >= 0.3 is 0 Å². The summed E-state index contributed by atoms with van der Waals surface area (Å²) in [4.78, 5) is 0. The summed E-state index contributed by atoms with van der Waals surface area (Å²) in [7, 11) is 0. The van der Waals surface area contributed by atoms with Crippen LogP contribution in [0.5, 0.6) is 11.5 Å². The zero-order valence-corrected chi connectivity index (χ0v) is 11.5. The number of aryl methyl sites for hydroxylation is 1. The molecule has 0 aliphatic carbocycles. The average Bonchev–Trinajstić information content (AvgIpc) is 2.34. The molecule has 18 heavy (non-hydrogen) atoms. The predicted molar refractivity (Wildman–Crippen MR) is 76.4 cm³/mol. The first-order valence-electron chi connectivity index (χ1n) is 5.45. The molecule has 0 radical (unpaired) electrons. The third kappa shape index (κ3) is 2.71. The summed E-state index contributed by atoms with van der Waals surface area (Å²) >= 11 is 3.44. The van der Waals surface area contributed by atoms with Crippen LogP contribution in [0.4, 0.5) is 0 Å². The molecule has 0 heterocycles. The van der Waals surface area contributed by atoms with Crippen LogP contribution in [0.15, 0.2) is 46.9 Å². The summed E-state index contributed by atoms with van der Waals surface area (Å²) in [5.74, 6) is 1.32. The van der Waals surface area contributed by atoms with Crippen molar-refractivity contribution in [3.05, 3.63) is 58.1 Å². The Morgan fingerprint density at radius 3 is 2.61 bits per heavy atom. The van der Waals surface area contributed by atoms with Crippen LogP contribution in [0.2, 0.25) is 0 Å². The number of hydrogen-bond acceptors (Lipinski definition) is 2. The van der Waals surface area contributed by atoms with E-state index in [9.17, 15) is 0 Å². The van der Waals surface area contributed by atoms with E-state index >= 15 is 0 Å². The lowest BCUT2D eigenvalue weighted by Gasteiger charge is -2.10. The van der Waals surface area contributed by atoms with Gasteiger partial charge < -0.3 is 10.5 Å². The maximum Gasteiger partial charge on any atom is 0.138 e. The third-order valence-corrected chi connectivity index (χ3v) is 3.42. The number of amidine groups is 1. The first-order valence-corrected chi connectivity index (χ1v) is 6.24. The summed E-state index contributed by atoms with van der Waals surface area (Å²) in [6.07, 6.45) is 0. The topological polar surface area (TPSA) is 59.1 Å². The molecule has 0 saturated carbocycles. The maximum atomic E-state index is 7.51. The van der Waals surface area contributed by atoms with Gasteiger partial charge in [-0.05, 0) is 42.8 Å². The van der Waals surface area contributed by atoms with Crippen molar-refractivity contribution in [2.75, 3.05) is 0 Å². The largest absolute Gasteiger partial charge is 0.457 e. The second-order valence-electron chi connectivity index (χ2n) is 3.92. The molecule has 3 nitrogen and oxygen atoms in total. The van der Waals surface area contributed by atoms with Crippen molar-refractivity contribution in [2.45, 2.75) is 6.92 Å². The molecular weight excluding hydrogens is 292 g/mol. The molecule has 4 heteroatoms. The Morgan fingerprint density at radius 1 is 1.22 bits per heavy atom. The van der Waals surface area contributed by atoms with Crippen LogP contribution in [0.3, 0.4) is 0 Å². The van der Waals surface area contributed by atoms with Crippen LogP contribution >= 0.6 is 15.9 Å². The lowest BCUT2D eigenvalue weighted by Crippen LogP contribution is -2.12. The van der Waals surface area contributed by atoms with Crippen molar-refractivity contribution in [2.24, 2.45) is 5.73 Å². The molecule has 2 aromatic rings. The Bertz CT molecular complexity index is 596. The van der Waals surface area contributed by atoms with Gasteiger partial charge in [0.1, 0.15) is 17.3 Å². The molecular formula is C14H13BrN2O. The van der Waals surface area contributed by atoms with E-state index in [1.165, 1.54) is 0 Å². The maximum absolute atomic E-state index is 7.51. The molecule has 3 N–H and O–H groups in total. The first kappa shape index (κ1) is 12.6. The minimum absolute atomic E-state index is 0.000524. The number of ether oxygens (including phenoxy) is 1. The lowest BCUT2D eigenvalue weighted by molar-refractivity contribution is 0.481. The number of para-hydroxylation sites is 1. The standard InChI is InChI=1S/C14H13BrN2O/c1-9-8-10(6-7-12(9)15)18-13-5-3-2-4-11(13)14(16)17/h2-8H,1H3,(H3,16,17). The number of hydrogen-bond donors (Lipinski definition) is 2. The van der Waals surface area contributed by atoms with E-state index in [1.54, 1.807) is 12.1 Å². The van der Waals surface area contributed by atoms with Crippen molar-refractivity contribution in [1.82, 2.24) is 0 Å². The fraction of sp³-hybridized carbons (Fsp3) is 0.0714. The molecule has 0 spiro atoms. The number of nitrogen functional groups attached to an aromatic ring is 1. The quantitative estimate of drug-likeness (QED) is 0.668. The molecule has 0 amide bonds. The summed E-state index contributed by atoms with van der Waals surface area (Å²) < 4.78 is 6.80. The van der Waals surface area contributed by atoms with Gasteiger partial charge in [0.05, 0.1) is 5.56 Å². The average molecular weight is 305 g/mol. The van der Waals surface area contributed by atoms with E-state index < -0.39 is 0 Å². The van der Waals surface area contributed by atoms with E-state index in [0.717, 1.165) is 15.8 Å². The first-order chi connectivity index (χ1) is 8.58. The molecule has 0 unspecified atom stereocenters. The molecule has 2 rings (SSSR count). The number of rotatable bonds is 3. The Labute approximate surface area is 114 Å². The summed E-state index contributed by atoms with van der Waals surface area (Å²) in [6, 6.07) is 13.0. The van der Waals surface area contributed by atoms with Gasteiger partial charge in [-0.2, -0.15) is 0 Å². The molecule has 0 fully saturated rings. The minimum atomic E-state index is -0.000524. The van der Waals surface area contributed by atoms with Gasteiger partial charge in [-0.15, -0.1) is 0 Å². The second kappa shape index (κ2) is 5.23. The fourth-order valence-electron chi connectivity index (χ4n) is 1.59. The number of nitrogens with one attached hydrogen (secondary N) is 1. The van der Waals surface area contributed by atoms with Crippen LogP contribution in [-0.4, -0.2) is 5.84 Å². The zero-order chi connectivity index (χ0) is 13.1. The Morgan fingerprint density at radius 2 is 1.94 bits per heavy atom. The van der Waals surface area contributed by atoms with Crippen molar-refractivity contribution in [3.8, 4) is 11.5 Å². The molecule has 0 bridgehead atoms. The van der Waals surface area contributed by atoms with Crippen LogP contribution in [0.25, 0.3) is 0 Å². The highest BCUT2D eigenvalue weighted by Crippen LogP contribution is 2.28. The monoisotopic (exact) mass is 304 g/mol. The molecule has 2 aromatic carbocycles. The van der Waals surface area contributed by atoms with E-state index in [1.807, 2.05) is 37.3 Å². The van der Waals surface area contributed by atoms with Crippen molar-refractivity contribution >= 4 is 21.8 Å². The van der Waals surface area contributed by atoms with E-state index in [2.05, 4.69) is 15.9 Å². The summed E-state index contributed by atoms with van der Waals surface area (Å²) in [6.45, 7) is 1.99. The molecule has 0 aliphatic heterocycles.